The average molecular weight is 362 g/mol. The van der Waals surface area contributed by atoms with Gasteiger partial charge in [-0.1, -0.05) is 13.5 Å². The van der Waals surface area contributed by atoms with E-state index in [2.05, 4.69) is 6.58 Å². The summed E-state index contributed by atoms with van der Waals surface area (Å²) in [6.45, 7) is 7.96. The van der Waals surface area contributed by atoms with E-state index in [9.17, 15) is 19.8 Å². The lowest BCUT2D eigenvalue weighted by Gasteiger charge is -2.65. The van der Waals surface area contributed by atoms with Crippen molar-refractivity contribution in [2.75, 3.05) is 7.11 Å². The van der Waals surface area contributed by atoms with Gasteiger partial charge in [-0.15, -0.1) is 0 Å². The number of aliphatic hydroxyl groups excluding tert-OH is 2. The van der Waals surface area contributed by atoms with Gasteiger partial charge in [0, 0.05) is 5.41 Å². The quantitative estimate of drug-likeness (QED) is 0.552. The first-order chi connectivity index (χ1) is 12.1. The molecule has 0 radical (unpaired) electrons. The molecular weight excluding hydrogens is 332 g/mol. The van der Waals surface area contributed by atoms with Gasteiger partial charge in [-0.05, 0) is 68.8 Å². The second kappa shape index (κ2) is 5.41. The lowest BCUT2D eigenvalue weighted by atomic mass is 9.39. The fourth-order valence-electron chi connectivity index (χ4n) is 7.44. The summed E-state index contributed by atoms with van der Waals surface area (Å²) < 4.78 is 5.11. The van der Waals surface area contributed by atoms with Crippen molar-refractivity contribution in [3.8, 4) is 0 Å². The summed E-state index contributed by atoms with van der Waals surface area (Å²) in [4.78, 5) is 25.9. The topological polar surface area (TPSA) is 83.8 Å². The molecule has 0 aliphatic heterocycles. The molecule has 0 aromatic carbocycles. The highest BCUT2D eigenvalue weighted by Crippen LogP contribution is 2.71. The van der Waals surface area contributed by atoms with Gasteiger partial charge in [0.05, 0.1) is 30.1 Å². The van der Waals surface area contributed by atoms with E-state index in [0.29, 0.717) is 31.3 Å². The Bertz CT molecular complexity index is 686. The van der Waals surface area contributed by atoms with E-state index < -0.39 is 28.5 Å². The molecule has 4 rings (SSSR count). The molecule has 5 heteroatoms. The van der Waals surface area contributed by atoms with Crippen LogP contribution in [-0.4, -0.2) is 41.3 Å². The van der Waals surface area contributed by atoms with Crippen molar-refractivity contribution >= 4 is 11.8 Å². The maximum Gasteiger partial charge on any atom is 0.311 e. The molecule has 8 atom stereocenters. The van der Waals surface area contributed by atoms with Crippen molar-refractivity contribution in [3.05, 3.63) is 12.2 Å². The normalized spacial score (nSPS) is 53.0. The van der Waals surface area contributed by atoms with Crippen LogP contribution in [-0.2, 0) is 14.3 Å². The number of hydrogen-bond donors (Lipinski definition) is 2. The lowest BCUT2D eigenvalue weighted by molar-refractivity contribution is -0.235. The summed E-state index contributed by atoms with van der Waals surface area (Å²) in [6.07, 6.45) is 2.31. The molecule has 4 aliphatic carbocycles. The molecule has 5 nitrogen and oxygen atoms in total. The Morgan fingerprint density at radius 3 is 2.50 bits per heavy atom. The summed E-state index contributed by atoms with van der Waals surface area (Å²) in [6, 6.07) is 0. The van der Waals surface area contributed by atoms with Crippen molar-refractivity contribution in [2.24, 2.45) is 34.0 Å². The highest BCUT2D eigenvalue weighted by molar-refractivity contribution is 6.03. The van der Waals surface area contributed by atoms with Crippen molar-refractivity contribution in [2.45, 2.75) is 64.6 Å². The van der Waals surface area contributed by atoms with Crippen LogP contribution in [0.4, 0.5) is 0 Å². The third-order valence-electron chi connectivity index (χ3n) is 8.85. The van der Waals surface area contributed by atoms with E-state index in [1.54, 1.807) is 0 Å². The zero-order valence-electron chi connectivity index (χ0n) is 16.0. The molecule has 0 unspecified atom stereocenters. The van der Waals surface area contributed by atoms with Crippen molar-refractivity contribution in [1.82, 2.24) is 0 Å². The number of carbonyl (C=O) groups excluding carboxylic acids is 2. The second-order valence-electron chi connectivity index (χ2n) is 9.56. The van der Waals surface area contributed by atoms with E-state index in [0.717, 1.165) is 12.8 Å². The summed E-state index contributed by atoms with van der Waals surface area (Å²) in [5.41, 5.74) is -1.53. The minimum absolute atomic E-state index is 0.00489. The number of aliphatic hydroxyl groups is 2. The van der Waals surface area contributed by atoms with Crippen LogP contribution in [0.25, 0.3) is 0 Å². The zero-order chi connectivity index (χ0) is 19.1. The minimum Gasteiger partial charge on any atom is -0.469 e. The fraction of sp³-hybridized carbons (Fsp3) is 0.810. The Kier molecular flexibility index (Phi) is 3.79. The van der Waals surface area contributed by atoms with Crippen LogP contribution >= 0.6 is 0 Å². The minimum atomic E-state index is -0.833. The first-order valence-electron chi connectivity index (χ1n) is 9.82. The Balaban J connectivity index is 1.86. The molecule has 4 aliphatic rings. The summed E-state index contributed by atoms with van der Waals surface area (Å²) >= 11 is 0. The molecule has 0 aromatic rings. The highest BCUT2D eigenvalue weighted by Gasteiger charge is 2.73. The maximum atomic E-state index is 13.2. The first-order valence-corrected chi connectivity index (χ1v) is 9.82. The van der Waals surface area contributed by atoms with E-state index in [1.165, 1.54) is 7.11 Å². The molecule has 26 heavy (non-hydrogen) atoms. The van der Waals surface area contributed by atoms with Crippen molar-refractivity contribution in [3.63, 3.8) is 0 Å². The number of hydrogen-bond acceptors (Lipinski definition) is 5. The van der Waals surface area contributed by atoms with Gasteiger partial charge in [-0.2, -0.15) is 0 Å². The first kappa shape index (κ1) is 18.2. The van der Waals surface area contributed by atoms with Crippen LogP contribution in [0.15, 0.2) is 12.2 Å². The highest BCUT2D eigenvalue weighted by atomic mass is 16.5. The van der Waals surface area contributed by atoms with E-state index in [1.807, 2.05) is 13.8 Å². The van der Waals surface area contributed by atoms with Gasteiger partial charge in [0.2, 0.25) is 0 Å². The molecule has 0 saturated heterocycles. The Hall–Kier alpha value is -1.20. The van der Waals surface area contributed by atoms with Crippen LogP contribution < -0.4 is 0 Å². The van der Waals surface area contributed by atoms with E-state index in [4.69, 9.17) is 4.74 Å². The monoisotopic (exact) mass is 362 g/mol. The standard InChI is InChI=1S/C21H30O5/c1-11-12-5-6-13-20(3)14(9-16(23)21(13,10-12)17(11)24)19(2,18(25)26-4)8-7-15(20)22/h12-16,22-23H,1,5-10H2,2-4H3/t12-,13+,14-,15+,16+,19-,20+,21-/m1/s1. The predicted molar refractivity (Wildman–Crippen MR) is 95.0 cm³/mol. The number of carbonyl (C=O) groups is 2. The summed E-state index contributed by atoms with van der Waals surface area (Å²) in [5, 5.41) is 22.3. The summed E-state index contributed by atoms with van der Waals surface area (Å²) in [7, 11) is 1.40. The Morgan fingerprint density at radius 1 is 1.15 bits per heavy atom. The number of rotatable bonds is 1. The molecule has 2 N–H and O–H groups in total. The van der Waals surface area contributed by atoms with E-state index in [-0.39, 0.29) is 29.5 Å². The number of esters is 1. The predicted octanol–water partition coefficient (Wildman–Crippen LogP) is 2.25. The molecule has 2 bridgehead atoms. The van der Waals surface area contributed by atoms with Crippen molar-refractivity contribution < 1.29 is 24.5 Å². The number of ketones is 1. The molecule has 4 fully saturated rings. The largest absolute Gasteiger partial charge is 0.469 e. The fourth-order valence-corrected chi connectivity index (χ4v) is 7.44. The van der Waals surface area contributed by atoms with Gasteiger partial charge >= 0.3 is 5.97 Å². The molecule has 144 valence electrons. The second-order valence-corrected chi connectivity index (χ2v) is 9.56. The third kappa shape index (κ3) is 1.84. The molecule has 0 heterocycles. The average Bonchev–Trinajstić information content (AvgIpc) is 2.82. The van der Waals surface area contributed by atoms with Gasteiger partial charge < -0.3 is 14.9 Å². The number of ether oxygens (including phenoxy) is 1. The Morgan fingerprint density at radius 2 is 1.85 bits per heavy atom. The molecule has 0 amide bonds. The lowest BCUT2D eigenvalue weighted by Crippen LogP contribution is -2.68. The number of fused-ring (bicyclic) bond motifs is 3. The molecule has 0 aromatic heterocycles. The summed E-state index contributed by atoms with van der Waals surface area (Å²) in [5.74, 6) is -0.475. The SMILES string of the molecule is C=C1C(=O)[C@]23C[C@H]1CC[C@H]2[C@]1(C)[C@@H](O)CC[C@@](C)(C(=O)OC)[C@H]1C[C@@H]3O. The number of allylic oxidation sites excluding steroid dienone is 1. The van der Waals surface area contributed by atoms with Crippen LogP contribution in [0, 0.1) is 34.0 Å². The van der Waals surface area contributed by atoms with Crippen molar-refractivity contribution in [1.29, 1.82) is 0 Å². The van der Waals surface area contributed by atoms with E-state index >= 15 is 0 Å². The maximum absolute atomic E-state index is 13.2. The van der Waals surface area contributed by atoms with Crippen LogP contribution in [0.3, 0.4) is 0 Å². The van der Waals surface area contributed by atoms with Gasteiger partial charge in [-0.3, -0.25) is 9.59 Å². The smallest absolute Gasteiger partial charge is 0.311 e. The molecule has 4 saturated carbocycles. The van der Waals surface area contributed by atoms with Crippen LogP contribution in [0.2, 0.25) is 0 Å². The van der Waals surface area contributed by atoms with Gasteiger partial charge in [0.25, 0.3) is 0 Å². The Labute approximate surface area is 154 Å². The van der Waals surface area contributed by atoms with Crippen LogP contribution in [0.1, 0.15) is 52.4 Å². The molecule has 1 spiro atoms. The van der Waals surface area contributed by atoms with Gasteiger partial charge in [0.1, 0.15) is 0 Å². The van der Waals surface area contributed by atoms with Gasteiger partial charge in [0.15, 0.2) is 5.78 Å². The van der Waals surface area contributed by atoms with Gasteiger partial charge in [-0.25, -0.2) is 0 Å². The van der Waals surface area contributed by atoms with Crippen LogP contribution in [0.5, 0.6) is 0 Å². The molecular formula is C21H30O5. The third-order valence-corrected chi connectivity index (χ3v) is 8.85. The number of Topliss-reactive ketones (excluding diaryl/α,β-unsaturated/α-hetero) is 1. The zero-order valence-corrected chi connectivity index (χ0v) is 16.0. The number of methoxy groups -OCH3 is 1.